The Hall–Kier alpha value is -5.72. The summed E-state index contributed by atoms with van der Waals surface area (Å²) in [7, 11) is 6.35. The van der Waals surface area contributed by atoms with Gasteiger partial charge < -0.3 is 29.0 Å². The Labute approximate surface area is 288 Å². The Bertz CT molecular complexity index is 1990. The number of carbonyl (C=O) groups is 1. The van der Waals surface area contributed by atoms with Gasteiger partial charge in [-0.15, -0.1) is 0 Å². The summed E-state index contributed by atoms with van der Waals surface area (Å²) in [6, 6.07) is 16.5. The maximum atomic E-state index is 13.9. The van der Waals surface area contributed by atoms with Crippen molar-refractivity contribution >= 4 is 28.5 Å². The van der Waals surface area contributed by atoms with Crippen LogP contribution in [-0.2, 0) is 13.1 Å². The van der Waals surface area contributed by atoms with Gasteiger partial charge in [0.05, 0.1) is 34.1 Å². The van der Waals surface area contributed by atoms with E-state index in [0.29, 0.717) is 58.4 Å². The van der Waals surface area contributed by atoms with Gasteiger partial charge in [-0.2, -0.15) is 0 Å². The molecule has 1 fully saturated rings. The van der Waals surface area contributed by atoms with Crippen molar-refractivity contribution in [1.82, 2.24) is 15.0 Å². The molecule has 0 bridgehead atoms. The third kappa shape index (κ3) is 7.02. The number of hydrogen-bond acceptors (Lipinski definition) is 9. The minimum atomic E-state index is -2.89. The fourth-order valence-corrected chi connectivity index (χ4v) is 5.92. The van der Waals surface area contributed by atoms with E-state index in [-0.39, 0.29) is 18.8 Å². The Morgan fingerprint density at radius 1 is 0.900 bits per heavy atom. The highest BCUT2D eigenvalue weighted by atomic mass is 19.3. The first kappa shape index (κ1) is 34.2. The average Bonchev–Trinajstić information content (AvgIpc) is 3.74. The summed E-state index contributed by atoms with van der Waals surface area (Å²) in [6.07, 6.45) is 3.23. The molecule has 11 nitrogen and oxygen atoms in total. The van der Waals surface area contributed by atoms with Gasteiger partial charge in [-0.05, 0) is 60.3 Å². The number of rotatable bonds is 13. The summed E-state index contributed by atoms with van der Waals surface area (Å²) >= 11 is 0. The number of aromatic nitrogens is 3. The van der Waals surface area contributed by atoms with Crippen molar-refractivity contribution < 1.29 is 37.6 Å². The number of methoxy groups -OCH3 is 4. The molecule has 0 aliphatic heterocycles. The number of amides is 1. The minimum absolute atomic E-state index is 0.0407. The lowest BCUT2D eigenvalue weighted by atomic mass is 10.0. The van der Waals surface area contributed by atoms with Crippen LogP contribution in [0.25, 0.3) is 22.0 Å². The van der Waals surface area contributed by atoms with E-state index in [2.05, 4.69) is 9.97 Å². The molecule has 1 N–H and O–H groups in total. The molecular formula is C37H37F2N5O6. The Balaban J connectivity index is 1.54. The van der Waals surface area contributed by atoms with Crippen molar-refractivity contribution in [3.63, 3.8) is 0 Å². The lowest BCUT2D eigenvalue weighted by molar-refractivity contribution is 0.0999. The number of carboxylic acid groups (broad SMARTS) is 1. The number of fused-ring (bicyclic) bond motifs is 1. The van der Waals surface area contributed by atoms with Gasteiger partial charge in [0, 0.05) is 84.8 Å². The van der Waals surface area contributed by atoms with Crippen LogP contribution in [0, 0.1) is 12.8 Å². The predicted octanol–water partition coefficient (Wildman–Crippen LogP) is 7.38. The van der Waals surface area contributed by atoms with E-state index in [1.165, 1.54) is 6.20 Å². The fourth-order valence-electron chi connectivity index (χ4n) is 5.92. The number of aryl methyl sites for hydroxylation is 1. The summed E-state index contributed by atoms with van der Waals surface area (Å²) in [5, 5.41) is 11.3. The van der Waals surface area contributed by atoms with Crippen molar-refractivity contribution in [2.24, 2.45) is 5.92 Å². The fraction of sp³-hybridized carbons (Fsp3) is 0.297. The maximum absolute atomic E-state index is 13.9. The number of alkyl halides is 2. The molecule has 5 aromatic rings. The first-order chi connectivity index (χ1) is 24.0. The van der Waals surface area contributed by atoms with Gasteiger partial charge in [0.15, 0.2) is 0 Å². The summed E-state index contributed by atoms with van der Waals surface area (Å²) in [6.45, 7) is 2.22. The van der Waals surface area contributed by atoms with Crippen LogP contribution in [0.5, 0.6) is 23.0 Å². The molecule has 1 atom stereocenters. The predicted molar refractivity (Wildman–Crippen MR) is 185 cm³/mol. The molecule has 1 aliphatic rings. The summed E-state index contributed by atoms with van der Waals surface area (Å²) in [5.74, 6) is -0.899. The molecule has 50 heavy (non-hydrogen) atoms. The molecule has 1 saturated carbocycles. The van der Waals surface area contributed by atoms with Gasteiger partial charge in [0.25, 0.3) is 5.92 Å². The van der Waals surface area contributed by atoms with Crippen LogP contribution < -0.4 is 28.7 Å². The molecule has 260 valence electrons. The Morgan fingerprint density at radius 2 is 1.52 bits per heavy atom. The molecule has 1 unspecified atom stereocenters. The van der Waals surface area contributed by atoms with Gasteiger partial charge in [0.1, 0.15) is 34.6 Å². The first-order valence-electron chi connectivity index (χ1n) is 15.8. The Morgan fingerprint density at radius 3 is 2.04 bits per heavy atom. The number of pyridine rings is 3. The lowest BCUT2D eigenvalue weighted by Gasteiger charge is -2.28. The molecule has 1 aliphatic carbocycles. The number of ether oxygens (including phenoxy) is 4. The highest BCUT2D eigenvalue weighted by Gasteiger charge is 2.57. The molecule has 1 amide bonds. The molecule has 6 rings (SSSR count). The van der Waals surface area contributed by atoms with Gasteiger partial charge in [-0.1, -0.05) is 0 Å². The van der Waals surface area contributed by atoms with E-state index in [0.717, 1.165) is 27.2 Å². The van der Waals surface area contributed by atoms with E-state index >= 15 is 0 Å². The molecule has 3 aromatic heterocycles. The zero-order valence-corrected chi connectivity index (χ0v) is 28.3. The van der Waals surface area contributed by atoms with Crippen LogP contribution in [0.1, 0.15) is 23.1 Å². The molecular weight excluding hydrogens is 648 g/mol. The van der Waals surface area contributed by atoms with Crippen molar-refractivity contribution in [2.45, 2.75) is 32.4 Å². The topological polar surface area (TPSA) is 119 Å². The third-order valence-electron chi connectivity index (χ3n) is 8.87. The van der Waals surface area contributed by atoms with Crippen LogP contribution in [0.3, 0.4) is 0 Å². The quantitative estimate of drug-likeness (QED) is 0.134. The second-order valence-electron chi connectivity index (χ2n) is 12.1. The zero-order chi connectivity index (χ0) is 35.6. The number of anilines is 2. The van der Waals surface area contributed by atoms with E-state index < -0.39 is 17.9 Å². The van der Waals surface area contributed by atoms with Crippen molar-refractivity contribution in [3.05, 3.63) is 89.9 Å². The van der Waals surface area contributed by atoms with E-state index in [1.807, 2.05) is 48.2 Å². The van der Waals surface area contributed by atoms with Crippen molar-refractivity contribution in [3.8, 4) is 34.3 Å². The summed E-state index contributed by atoms with van der Waals surface area (Å²) in [5.41, 5.74) is 3.96. The highest BCUT2D eigenvalue weighted by Crippen LogP contribution is 2.49. The smallest absolute Gasteiger partial charge is 0.413 e. The van der Waals surface area contributed by atoms with Crippen LogP contribution in [0.2, 0.25) is 0 Å². The number of halogens is 2. The number of nitrogens with zero attached hydrogens (tertiary/aromatic N) is 5. The van der Waals surface area contributed by atoms with Crippen LogP contribution in [0.15, 0.2) is 73.2 Å². The van der Waals surface area contributed by atoms with Gasteiger partial charge >= 0.3 is 6.09 Å². The molecule has 0 spiro atoms. The second kappa shape index (κ2) is 14.0. The Kier molecular flexibility index (Phi) is 9.58. The van der Waals surface area contributed by atoms with E-state index in [1.54, 1.807) is 59.0 Å². The lowest BCUT2D eigenvalue weighted by Crippen LogP contribution is -2.33. The van der Waals surface area contributed by atoms with E-state index in [4.69, 9.17) is 23.9 Å². The van der Waals surface area contributed by atoms with Crippen LogP contribution >= 0.6 is 0 Å². The molecule has 0 saturated heterocycles. The molecule has 13 heteroatoms. The highest BCUT2D eigenvalue weighted by molar-refractivity contribution is 5.97. The van der Waals surface area contributed by atoms with Gasteiger partial charge in [-0.3, -0.25) is 9.88 Å². The summed E-state index contributed by atoms with van der Waals surface area (Å²) in [4.78, 5) is 29.2. The first-order valence-corrected chi connectivity index (χ1v) is 15.8. The average molecular weight is 686 g/mol. The van der Waals surface area contributed by atoms with Crippen LogP contribution in [-0.4, -0.2) is 67.1 Å². The SMILES string of the molecule is COc1ccc(CN(Cc2ccc(OC)cc2OC)c2nc(-c3cnccc3C)cc3cc(N(CC4CC4(F)F)C(=O)O)ncc23)c(OC)c1. The van der Waals surface area contributed by atoms with E-state index in [9.17, 15) is 18.7 Å². The maximum Gasteiger partial charge on any atom is 0.413 e. The van der Waals surface area contributed by atoms with Crippen LogP contribution in [0.4, 0.5) is 25.2 Å². The summed E-state index contributed by atoms with van der Waals surface area (Å²) < 4.78 is 50.1. The normalized spacial score (nSPS) is 14.6. The van der Waals surface area contributed by atoms with Crippen molar-refractivity contribution in [1.29, 1.82) is 0 Å². The van der Waals surface area contributed by atoms with Crippen molar-refractivity contribution in [2.75, 3.05) is 44.8 Å². The monoisotopic (exact) mass is 685 g/mol. The standard InChI is InChI=1S/C37H37F2N5O6/c1-22-10-11-40-17-29(22)31-12-25-13-34(44(36(45)46)21-26-16-37(26,38)39)41-18-30(25)35(42-31)43(19-23-6-8-27(47-2)14-32(23)49-4)20-24-7-9-28(48-3)15-33(24)50-5/h6-15,17-18,26H,16,19-21H2,1-5H3,(H,45,46). The minimum Gasteiger partial charge on any atom is -0.497 e. The third-order valence-corrected chi connectivity index (χ3v) is 8.87. The molecule has 2 aromatic carbocycles. The largest absolute Gasteiger partial charge is 0.497 e. The van der Waals surface area contributed by atoms with Gasteiger partial charge in [0.2, 0.25) is 0 Å². The molecule has 3 heterocycles. The zero-order valence-electron chi connectivity index (χ0n) is 28.3. The number of benzene rings is 2. The second-order valence-corrected chi connectivity index (χ2v) is 12.1. The number of hydrogen-bond donors (Lipinski definition) is 1. The van der Waals surface area contributed by atoms with Gasteiger partial charge in [-0.25, -0.2) is 23.5 Å². The molecule has 0 radical (unpaired) electrons.